The van der Waals surface area contributed by atoms with Gasteiger partial charge in [-0.15, -0.1) is 0 Å². The van der Waals surface area contributed by atoms with Crippen molar-refractivity contribution in [2.75, 3.05) is 20.2 Å². The first-order chi connectivity index (χ1) is 13.4. The highest BCUT2D eigenvalue weighted by atomic mass is 16.5. The summed E-state index contributed by atoms with van der Waals surface area (Å²) in [6.07, 6.45) is 4.45. The number of esters is 1. The van der Waals surface area contributed by atoms with Crippen LogP contribution in [0.5, 0.6) is 0 Å². The number of ether oxygens (including phenoxy) is 1. The van der Waals surface area contributed by atoms with Gasteiger partial charge in [-0.2, -0.15) is 0 Å². The summed E-state index contributed by atoms with van der Waals surface area (Å²) in [5.74, 6) is -0.683. The van der Waals surface area contributed by atoms with Gasteiger partial charge in [-0.1, -0.05) is 50.1 Å². The number of fused-ring (bicyclic) bond motifs is 1. The number of benzene rings is 1. The molecule has 150 valence electrons. The normalized spacial score (nSPS) is 28.9. The van der Waals surface area contributed by atoms with Crippen LogP contribution in [0.3, 0.4) is 0 Å². The fraction of sp³-hybridized carbons (Fsp3) is 0.591. The molecule has 3 aliphatic rings. The second-order valence-electron chi connectivity index (χ2n) is 8.63. The van der Waals surface area contributed by atoms with Crippen molar-refractivity contribution in [1.29, 1.82) is 0 Å². The van der Waals surface area contributed by atoms with Gasteiger partial charge in [0.2, 0.25) is 11.8 Å². The predicted molar refractivity (Wildman–Crippen MR) is 103 cm³/mol. The molecule has 6 nitrogen and oxygen atoms in total. The Kier molecular flexibility index (Phi) is 4.89. The molecule has 1 aromatic carbocycles. The maximum Gasteiger partial charge on any atom is 0.311 e. The van der Waals surface area contributed by atoms with Crippen LogP contribution in [0.25, 0.3) is 0 Å². The molecular formula is C22H28N2O4. The highest BCUT2D eigenvalue weighted by Crippen LogP contribution is 2.45. The zero-order chi connectivity index (χ0) is 19.9. The zero-order valence-corrected chi connectivity index (χ0v) is 16.6. The van der Waals surface area contributed by atoms with Crippen molar-refractivity contribution in [2.24, 2.45) is 11.3 Å². The number of methoxy groups -OCH3 is 1. The second kappa shape index (κ2) is 7.22. The van der Waals surface area contributed by atoms with Gasteiger partial charge in [-0.3, -0.25) is 14.4 Å². The molecule has 0 N–H and O–H groups in total. The first-order valence-electron chi connectivity index (χ1n) is 10.2. The average Bonchev–Trinajstić information content (AvgIpc) is 3.32. The lowest BCUT2D eigenvalue weighted by Crippen LogP contribution is -2.58. The molecule has 0 bridgehead atoms. The van der Waals surface area contributed by atoms with Crippen LogP contribution in [0.15, 0.2) is 30.3 Å². The van der Waals surface area contributed by atoms with E-state index in [0.29, 0.717) is 13.0 Å². The molecule has 2 saturated heterocycles. The van der Waals surface area contributed by atoms with Gasteiger partial charge in [-0.05, 0) is 24.8 Å². The average molecular weight is 384 g/mol. The van der Waals surface area contributed by atoms with Crippen molar-refractivity contribution >= 4 is 17.8 Å². The molecular weight excluding hydrogens is 356 g/mol. The van der Waals surface area contributed by atoms with Gasteiger partial charge in [-0.25, -0.2) is 0 Å². The van der Waals surface area contributed by atoms with E-state index in [1.54, 1.807) is 4.90 Å². The van der Waals surface area contributed by atoms with Crippen molar-refractivity contribution in [3.05, 3.63) is 35.9 Å². The molecule has 3 fully saturated rings. The zero-order valence-electron chi connectivity index (χ0n) is 16.6. The monoisotopic (exact) mass is 384 g/mol. The number of piperazine rings is 1. The molecule has 0 radical (unpaired) electrons. The summed E-state index contributed by atoms with van der Waals surface area (Å²) in [5, 5.41) is 0. The summed E-state index contributed by atoms with van der Waals surface area (Å²) in [4.78, 5) is 42.3. The van der Waals surface area contributed by atoms with Gasteiger partial charge in [0.05, 0.1) is 31.7 Å². The van der Waals surface area contributed by atoms with Crippen LogP contribution in [0, 0.1) is 11.3 Å². The topological polar surface area (TPSA) is 66.9 Å². The highest BCUT2D eigenvalue weighted by molar-refractivity contribution is 5.90. The quantitative estimate of drug-likeness (QED) is 0.751. The molecule has 3 atom stereocenters. The molecule has 2 heterocycles. The van der Waals surface area contributed by atoms with Crippen LogP contribution in [0.1, 0.15) is 50.6 Å². The fourth-order valence-electron chi connectivity index (χ4n) is 5.37. The van der Waals surface area contributed by atoms with E-state index in [1.165, 1.54) is 7.11 Å². The largest absolute Gasteiger partial charge is 0.469 e. The van der Waals surface area contributed by atoms with Crippen LogP contribution >= 0.6 is 0 Å². The molecule has 4 rings (SSSR count). The van der Waals surface area contributed by atoms with Crippen LogP contribution in [-0.4, -0.2) is 53.8 Å². The number of amides is 2. The summed E-state index contributed by atoms with van der Waals surface area (Å²) in [6, 6.07) is 9.18. The lowest BCUT2D eigenvalue weighted by molar-refractivity contribution is -0.154. The Morgan fingerprint density at radius 2 is 1.82 bits per heavy atom. The SMILES string of the molecule is COC(=O)[C@H]1C[C@H]2CN(C(=O)C3(C)CCCC3)CC(=O)N2[C@H]1c1ccccc1. The van der Waals surface area contributed by atoms with E-state index in [2.05, 4.69) is 0 Å². The Morgan fingerprint density at radius 1 is 1.14 bits per heavy atom. The van der Waals surface area contributed by atoms with Crippen LogP contribution < -0.4 is 0 Å². The van der Waals surface area contributed by atoms with Gasteiger partial charge < -0.3 is 14.5 Å². The molecule has 0 spiro atoms. The van der Waals surface area contributed by atoms with Crippen molar-refractivity contribution in [3.63, 3.8) is 0 Å². The van der Waals surface area contributed by atoms with E-state index >= 15 is 0 Å². The van der Waals surface area contributed by atoms with E-state index in [4.69, 9.17) is 4.74 Å². The minimum Gasteiger partial charge on any atom is -0.469 e. The van der Waals surface area contributed by atoms with Crippen molar-refractivity contribution in [3.8, 4) is 0 Å². The first kappa shape index (κ1) is 19.0. The summed E-state index contributed by atoms with van der Waals surface area (Å²) in [6.45, 7) is 2.62. The van der Waals surface area contributed by atoms with E-state index in [-0.39, 0.29) is 41.8 Å². The summed E-state index contributed by atoms with van der Waals surface area (Å²) < 4.78 is 5.04. The molecule has 6 heteroatoms. The van der Waals surface area contributed by atoms with Crippen LogP contribution in [0.4, 0.5) is 0 Å². The number of carbonyl (C=O) groups is 3. The second-order valence-corrected chi connectivity index (χ2v) is 8.63. The maximum absolute atomic E-state index is 13.1. The number of nitrogens with zero attached hydrogens (tertiary/aromatic N) is 2. The highest BCUT2D eigenvalue weighted by Gasteiger charge is 2.52. The fourth-order valence-corrected chi connectivity index (χ4v) is 5.37. The third-order valence-corrected chi connectivity index (χ3v) is 6.80. The number of hydrogen-bond donors (Lipinski definition) is 0. The Balaban J connectivity index is 1.61. The molecule has 0 aromatic heterocycles. The van der Waals surface area contributed by atoms with Crippen molar-refractivity contribution < 1.29 is 19.1 Å². The Hall–Kier alpha value is -2.37. The van der Waals surface area contributed by atoms with E-state index in [0.717, 1.165) is 31.2 Å². The van der Waals surface area contributed by atoms with Gasteiger partial charge in [0, 0.05) is 12.0 Å². The summed E-state index contributed by atoms with van der Waals surface area (Å²) >= 11 is 0. The standard InChI is InChI=1S/C22H28N2O4/c1-22(10-6-7-11-22)21(27)23-13-16-12-17(20(26)28-2)19(24(16)18(25)14-23)15-8-4-3-5-9-15/h3-5,8-9,16-17,19H,6-7,10-14H2,1-2H3/t16-,17-,19-/m0/s1. The molecule has 0 unspecified atom stereocenters. The van der Waals surface area contributed by atoms with Gasteiger partial charge in [0.25, 0.3) is 0 Å². The lowest BCUT2D eigenvalue weighted by atomic mass is 9.86. The van der Waals surface area contributed by atoms with Crippen molar-refractivity contribution in [1.82, 2.24) is 9.80 Å². The molecule has 1 aromatic rings. The Bertz CT molecular complexity index is 772. The summed E-state index contributed by atoms with van der Waals surface area (Å²) in [5.41, 5.74) is 0.595. The minimum atomic E-state index is -0.404. The molecule has 2 aliphatic heterocycles. The smallest absolute Gasteiger partial charge is 0.311 e. The third kappa shape index (κ3) is 3.09. The minimum absolute atomic E-state index is 0.0774. The van der Waals surface area contributed by atoms with Gasteiger partial charge in [0.1, 0.15) is 0 Å². The Morgan fingerprint density at radius 3 is 2.46 bits per heavy atom. The van der Waals surface area contributed by atoms with Crippen LogP contribution in [0.2, 0.25) is 0 Å². The first-order valence-corrected chi connectivity index (χ1v) is 10.2. The van der Waals surface area contributed by atoms with E-state index in [9.17, 15) is 14.4 Å². The third-order valence-electron chi connectivity index (χ3n) is 6.80. The van der Waals surface area contributed by atoms with E-state index in [1.807, 2.05) is 42.2 Å². The predicted octanol–water partition coefficient (Wildman–Crippen LogP) is 2.54. The Labute approximate surface area is 165 Å². The van der Waals surface area contributed by atoms with Crippen LogP contribution in [-0.2, 0) is 19.1 Å². The number of hydrogen-bond acceptors (Lipinski definition) is 4. The molecule has 1 saturated carbocycles. The number of carbonyl (C=O) groups excluding carboxylic acids is 3. The lowest BCUT2D eigenvalue weighted by Gasteiger charge is -2.42. The summed E-state index contributed by atoms with van der Waals surface area (Å²) in [7, 11) is 1.39. The van der Waals surface area contributed by atoms with Gasteiger partial charge >= 0.3 is 5.97 Å². The maximum atomic E-state index is 13.1. The number of rotatable bonds is 3. The molecule has 28 heavy (non-hydrogen) atoms. The van der Waals surface area contributed by atoms with E-state index < -0.39 is 5.92 Å². The van der Waals surface area contributed by atoms with Crippen molar-refractivity contribution in [2.45, 2.75) is 51.1 Å². The van der Waals surface area contributed by atoms with Gasteiger partial charge in [0.15, 0.2) is 0 Å². The molecule has 2 amide bonds. The molecule has 1 aliphatic carbocycles.